The van der Waals surface area contributed by atoms with Gasteiger partial charge < -0.3 is 15.2 Å². The molecule has 1 aliphatic rings. The van der Waals surface area contributed by atoms with Gasteiger partial charge in [0.15, 0.2) is 11.5 Å². The molecule has 1 saturated heterocycles. The molecule has 0 atom stereocenters. The highest BCUT2D eigenvalue weighted by molar-refractivity contribution is 8.18. The number of carbonyl (C=O) groups excluding carboxylic acids is 3. The van der Waals surface area contributed by atoms with E-state index in [-0.39, 0.29) is 17.3 Å². The van der Waals surface area contributed by atoms with Gasteiger partial charge in [0.05, 0.1) is 12.0 Å². The summed E-state index contributed by atoms with van der Waals surface area (Å²) in [5, 5.41) is -0.550. The van der Waals surface area contributed by atoms with Crippen LogP contribution in [-0.2, 0) is 16.2 Å². The molecule has 0 aliphatic carbocycles. The van der Waals surface area contributed by atoms with Gasteiger partial charge in [0.2, 0.25) is 5.91 Å². The predicted octanol–water partition coefficient (Wildman–Crippen LogP) is 2.93. The van der Waals surface area contributed by atoms with Crippen LogP contribution >= 0.6 is 11.8 Å². The smallest absolute Gasteiger partial charge is 0.294 e. The zero-order valence-corrected chi connectivity index (χ0v) is 16.2. The number of nitrogens with two attached hydrogens (primary N) is 1. The SMILES string of the molecule is COc1cc(/C=C2\SC(=O)N(CC(N)=O)C2=O)ccc1OCc1ccc(F)cc1. The number of nitrogens with zero attached hydrogens (tertiary/aromatic N) is 1. The summed E-state index contributed by atoms with van der Waals surface area (Å²) >= 11 is 0.733. The number of imide groups is 1. The van der Waals surface area contributed by atoms with Crippen LogP contribution in [0.25, 0.3) is 6.08 Å². The molecule has 2 aromatic rings. The first-order chi connectivity index (χ1) is 13.9. The number of benzene rings is 2. The Labute approximate surface area is 170 Å². The first-order valence-corrected chi connectivity index (χ1v) is 9.28. The number of halogens is 1. The summed E-state index contributed by atoms with van der Waals surface area (Å²) in [6.45, 7) is -0.233. The number of methoxy groups -OCH3 is 1. The summed E-state index contributed by atoms with van der Waals surface area (Å²) in [5.74, 6) is -0.767. The first kappa shape index (κ1) is 20.4. The van der Waals surface area contributed by atoms with Gasteiger partial charge in [-0.15, -0.1) is 0 Å². The number of rotatable bonds is 7. The normalized spacial score (nSPS) is 15.1. The van der Waals surface area contributed by atoms with Crippen LogP contribution in [0.5, 0.6) is 11.5 Å². The second-order valence-corrected chi connectivity index (χ2v) is 7.05. The van der Waals surface area contributed by atoms with Crippen LogP contribution < -0.4 is 15.2 Å². The lowest BCUT2D eigenvalue weighted by Crippen LogP contribution is -2.36. The van der Waals surface area contributed by atoms with Gasteiger partial charge in [0, 0.05) is 0 Å². The monoisotopic (exact) mass is 416 g/mol. The Bertz CT molecular complexity index is 991. The van der Waals surface area contributed by atoms with Crippen molar-refractivity contribution < 1.29 is 28.2 Å². The van der Waals surface area contributed by atoms with E-state index in [9.17, 15) is 18.8 Å². The molecule has 3 rings (SSSR count). The van der Waals surface area contributed by atoms with E-state index in [2.05, 4.69) is 0 Å². The summed E-state index contributed by atoms with van der Waals surface area (Å²) < 4.78 is 24.0. The summed E-state index contributed by atoms with van der Waals surface area (Å²) in [4.78, 5) is 36.2. The average Bonchev–Trinajstić information content (AvgIpc) is 2.95. The lowest BCUT2D eigenvalue weighted by Gasteiger charge is -2.12. The van der Waals surface area contributed by atoms with Crippen LogP contribution in [0, 0.1) is 5.82 Å². The van der Waals surface area contributed by atoms with E-state index in [1.165, 1.54) is 25.3 Å². The quantitative estimate of drug-likeness (QED) is 0.697. The number of hydrogen-bond donors (Lipinski definition) is 1. The third-order valence-electron chi connectivity index (χ3n) is 3.98. The van der Waals surface area contributed by atoms with Crippen molar-refractivity contribution in [3.63, 3.8) is 0 Å². The van der Waals surface area contributed by atoms with Gasteiger partial charge in [-0.3, -0.25) is 19.3 Å². The lowest BCUT2D eigenvalue weighted by molar-refractivity contribution is -0.127. The third-order valence-corrected chi connectivity index (χ3v) is 4.89. The van der Waals surface area contributed by atoms with Crippen molar-refractivity contribution >= 4 is 34.9 Å². The van der Waals surface area contributed by atoms with E-state index in [1.807, 2.05) is 0 Å². The molecule has 7 nitrogen and oxygen atoms in total. The maximum atomic E-state index is 13.0. The molecule has 29 heavy (non-hydrogen) atoms. The highest BCUT2D eigenvalue weighted by Crippen LogP contribution is 2.34. The topological polar surface area (TPSA) is 98.9 Å². The molecule has 9 heteroatoms. The largest absolute Gasteiger partial charge is 0.493 e. The zero-order valence-electron chi connectivity index (χ0n) is 15.4. The summed E-state index contributed by atoms with van der Waals surface area (Å²) in [6.07, 6.45) is 1.53. The van der Waals surface area contributed by atoms with Gasteiger partial charge in [-0.05, 0) is 53.2 Å². The van der Waals surface area contributed by atoms with Gasteiger partial charge in [0.1, 0.15) is 19.0 Å². The van der Waals surface area contributed by atoms with Gasteiger partial charge >= 0.3 is 0 Å². The van der Waals surface area contributed by atoms with Crippen molar-refractivity contribution in [2.45, 2.75) is 6.61 Å². The van der Waals surface area contributed by atoms with Crippen LogP contribution in [0.1, 0.15) is 11.1 Å². The molecule has 0 unspecified atom stereocenters. The number of thioether (sulfide) groups is 1. The summed E-state index contributed by atoms with van der Waals surface area (Å²) in [7, 11) is 1.48. The van der Waals surface area contributed by atoms with E-state index in [0.717, 1.165) is 22.2 Å². The highest BCUT2D eigenvalue weighted by Gasteiger charge is 2.35. The molecule has 2 N–H and O–H groups in total. The predicted molar refractivity (Wildman–Crippen MR) is 106 cm³/mol. The van der Waals surface area contributed by atoms with Gasteiger partial charge in [0.25, 0.3) is 11.1 Å². The Morgan fingerprint density at radius 3 is 2.55 bits per heavy atom. The number of ether oxygens (including phenoxy) is 2. The van der Waals surface area contributed by atoms with Crippen LogP contribution in [0.3, 0.4) is 0 Å². The third kappa shape index (κ3) is 4.94. The number of primary amides is 1. The summed E-state index contributed by atoms with van der Waals surface area (Å²) in [6, 6.07) is 11.0. The van der Waals surface area contributed by atoms with Crippen molar-refractivity contribution in [1.82, 2.24) is 4.90 Å². The second-order valence-electron chi connectivity index (χ2n) is 6.06. The van der Waals surface area contributed by atoms with E-state index >= 15 is 0 Å². The standard InChI is InChI=1S/C20H17FN2O5S/c1-27-16-8-13(9-17-19(25)23(10-18(22)24)20(26)29-17)4-7-15(16)28-11-12-2-5-14(21)6-3-12/h2-9H,10-11H2,1H3,(H2,22,24)/b17-9-. The van der Waals surface area contributed by atoms with Crippen molar-refractivity contribution in [2.75, 3.05) is 13.7 Å². The summed E-state index contributed by atoms with van der Waals surface area (Å²) in [5.41, 5.74) is 6.47. The van der Waals surface area contributed by atoms with Crippen LogP contribution in [0.4, 0.5) is 9.18 Å². The van der Waals surface area contributed by atoms with Crippen molar-refractivity contribution in [3.8, 4) is 11.5 Å². The molecular formula is C20H17FN2O5S. The molecule has 0 spiro atoms. The van der Waals surface area contributed by atoms with E-state index in [0.29, 0.717) is 17.1 Å². The Kier molecular flexibility index (Phi) is 6.18. The average molecular weight is 416 g/mol. The molecule has 2 aromatic carbocycles. The van der Waals surface area contributed by atoms with Gasteiger partial charge in [-0.1, -0.05) is 18.2 Å². The van der Waals surface area contributed by atoms with Crippen LogP contribution in [0.2, 0.25) is 0 Å². The van der Waals surface area contributed by atoms with Crippen molar-refractivity contribution in [2.24, 2.45) is 5.73 Å². The lowest BCUT2D eigenvalue weighted by atomic mass is 10.1. The Balaban J connectivity index is 1.75. The molecule has 1 aliphatic heterocycles. The number of amides is 3. The molecule has 0 radical (unpaired) electrons. The van der Waals surface area contributed by atoms with E-state index < -0.39 is 23.6 Å². The molecule has 1 heterocycles. The van der Waals surface area contributed by atoms with E-state index in [4.69, 9.17) is 15.2 Å². The van der Waals surface area contributed by atoms with Gasteiger partial charge in [-0.2, -0.15) is 0 Å². The van der Waals surface area contributed by atoms with Gasteiger partial charge in [-0.25, -0.2) is 4.39 Å². The molecule has 0 aromatic heterocycles. The fourth-order valence-corrected chi connectivity index (χ4v) is 3.42. The Hall–Kier alpha value is -3.33. The fraction of sp³-hybridized carbons (Fsp3) is 0.150. The molecule has 0 saturated carbocycles. The maximum absolute atomic E-state index is 13.0. The maximum Gasteiger partial charge on any atom is 0.294 e. The minimum absolute atomic E-state index is 0.179. The van der Waals surface area contributed by atoms with Crippen LogP contribution in [-0.4, -0.2) is 35.6 Å². The molecule has 3 amide bonds. The second kappa shape index (κ2) is 8.78. The van der Waals surface area contributed by atoms with Crippen LogP contribution in [0.15, 0.2) is 47.4 Å². The highest BCUT2D eigenvalue weighted by atomic mass is 32.2. The molecular weight excluding hydrogens is 399 g/mol. The number of hydrogen-bond acceptors (Lipinski definition) is 6. The molecule has 1 fully saturated rings. The van der Waals surface area contributed by atoms with E-state index in [1.54, 1.807) is 30.3 Å². The first-order valence-electron chi connectivity index (χ1n) is 8.46. The molecule has 150 valence electrons. The van der Waals surface area contributed by atoms with Crippen molar-refractivity contribution in [1.29, 1.82) is 0 Å². The fourth-order valence-electron chi connectivity index (χ4n) is 2.58. The Morgan fingerprint density at radius 1 is 1.17 bits per heavy atom. The Morgan fingerprint density at radius 2 is 1.90 bits per heavy atom. The molecule has 0 bridgehead atoms. The number of carbonyl (C=O) groups is 3. The van der Waals surface area contributed by atoms with Crippen molar-refractivity contribution in [3.05, 3.63) is 64.3 Å². The minimum atomic E-state index is -0.766. The minimum Gasteiger partial charge on any atom is -0.493 e. The zero-order chi connectivity index (χ0) is 21.0.